The van der Waals surface area contributed by atoms with Gasteiger partial charge in [-0.1, -0.05) is 82.7 Å². The summed E-state index contributed by atoms with van der Waals surface area (Å²) >= 11 is 4.74. The van der Waals surface area contributed by atoms with Crippen LogP contribution in [0.2, 0.25) is 0 Å². The van der Waals surface area contributed by atoms with E-state index in [1.165, 1.54) is 34.3 Å². The van der Waals surface area contributed by atoms with Crippen molar-refractivity contribution in [1.29, 1.82) is 0 Å². The zero-order valence-electron chi connectivity index (χ0n) is 21.1. The molecule has 2 heterocycles. The molecule has 4 aromatic carbocycles. The number of nitrogens with zero attached hydrogens (tertiary/aromatic N) is 4. The van der Waals surface area contributed by atoms with Gasteiger partial charge in [0.2, 0.25) is 5.16 Å². The molecule has 196 valence electrons. The largest absolute Gasteiger partial charge is 0.448 e. The zero-order valence-corrected chi connectivity index (χ0v) is 23.5. The van der Waals surface area contributed by atoms with Gasteiger partial charge in [-0.3, -0.25) is 9.36 Å². The standard InChI is InChI=1S/C31H22BrN5O2S/c32-24-12-7-11-23(18-24)30(38)35-33-20-26-16-17-29(39-26)40-31-36-34-28(37(31)25-13-2-1-3-14-25)19-22-10-6-9-21-8-4-5-15-27(21)22/h1-18,20H,19H2,(H,35,38)/b33-20-. The van der Waals surface area contributed by atoms with Crippen LogP contribution in [0, 0.1) is 0 Å². The highest BCUT2D eigenvalue weighted by Gasteiger charge is 2.18. The number of para-hydroxylation sites is 1. The Bertz CT molecular complexity index is 1830. The second-order valence-electron chi connectivity index (χ2n) is 8.85. The van der Waals surface area contributed by atoms with Crippen LogP contribution >= 0.6 is 27.7 Å². The van der Waals surface area contributed by atoms with Gasteiger partial charge in [-0.05, 0) is 70.6 Å². The minimum absolute atomic E-state index is 0.312. The van der Waals surface area contributed by atoms with E-state index >= 15 is 0 Å². The van der Waals surface area contributed by atoms with Crippen molar-refractivity contribution in [3.63, 3.8) is 0 Å². The molecule has 9 heteroatoms. The smallest absolute Gasteiger partial charge is 0.271 e. The molecule has 0 atom stereocenters. The normalized spacial score (nSPS) is 11.3. The highest BCUT2D eigenvalue weighted by Crippen LogP contribution is 2.31. The molecule has 1 amide bonds. The molecule has 40 heavy (non-hydrogen) atoms. The van der Waals surface area contributed by atoms with Crippen LogP contribution in [-0.4, -0.2) is 26.9 Å². The lowest BCUT2D eigenvalue weighted by atomic mass is 10.0. The summed E-state index contributed by atoms with van der Waals surface area (Å²) in [6.45, 7) is 0. The molecule has 0 saturated carbocycles. The number of furan rings is 1. The SMILES string of the molecule is O=C(N/N=C\c1ccc(Sc2nnc(Cc3cccc4ccccc34)n2-c2ccccc2)o1)c1cccc(Br)c1. The molecule has 0 bridgehead atoms. The first-order valence-corrected chi connectivity index (χ1v) is 14.1. The molecule has 2 aromatic heterocycles. The number of amides is 1. The van der Waals surface area contributed by atoms with E-state index < -0.39 is 0 Å². The number of aromatic nitrogens is 3. The lowest BCUT2D eigenvalue weighted by Crippen LogP contribution is -2.17. The van der Waals surface area contributed by atoms with Crippen molar-refractivity contribution in [2.45, 2.75) is 16.7 Å². The summed E-state index contributed by atoms with van der Waals surface area (Å²) in [7, 11) is 0. The van der Waals surface area contributed by atoms with Gasteiger partial charge in [-0.25, -0.2) is 5.43 Å². The summed E-state index contributed by atoms with van der Waals surface area (Å²) < 4.78 is 8.82. The van der Waals surface area contributed by atoms with E-state index in [1.807, 2.05) is 48.5 Å². The summed E-state index contributed by atoms with van der Waals surface area (Å²) in [6, 6.07) is 35.4. The number of hydrazone groups is 1. The fourth-order valence-corrected chi connectivity index (χ4v) is 5.57. The van der Waals surface area contributed by atoms with Crippen LogP contribution < -0.4 is 5.43 Å². The van der Waals surface area contributed by atoms with E-state index in [9.17, 15) is 4.79 Å². The lowest BCUT2D eigenvalue weighted by Gasteiger charge is -2.11. The average Bonchev–Trinajstić information content (AvgIpc) is 3.60. The number of nitrogens with one attached hydrogen (secondary N) is 1. The van der Waals surface area contributed by atoms with Crippen molar-refractivity contribution in [3.05, 3.63) is 136 Å². The maximum absolute atomic E-state index is 12.3. The third-order valence-corrected chi connectivity index (χ3v) is 7.54. The molecule has 6 rings (SSSR count). The Balaban J connectivity index is 1.23. The van der Waals surface area contributed by atoms with Gasteiger partial charge in [0.15, 0.2) is 5.09 Å². The van der Waals surface area contributed by atoms with Crippen LogP contribution in [0.5, 0.6) is 0 Å². The minimum atomic E-state index is -0.312. The Morgan fingerprint density at radius 2 is 1.73 bits per heavy atom. The summed E-state index contributed by atoms with van der Waals surface area (Å²) in [4.78, 5) is 12.3. The zero-order chi connectivity index (χ0) is 27.3. The molecular weight excluding hydrogens is 586 g/mol. The van der Waals surface area contributed by atoms with E-state index in [0.717, 1.165) is 16.0 Å². The molecule has 0 fully saturated rings. The van der Waals surface area contributed by atoms with Crippen molar-refractivity contribution >= 4 is 50.6 Å². The number of carbonyl (C=O) groups is 1. The Hall–Kier alpha value is -4.47. The van der Waals surface area contributed by atoms with Crippen LogP contribution in [0.3, 0.4) is 0 Å². The van der Waals surface area contributed by atoms with Crippen LogP contribution in [0.1, 0.15) is 27.5 Å². The summed E-state index contributed by atoms with van der Waals surface area (Å²) in [6.07, 6.45) is 2.09. The number of benzene rings is 4. The number of hydrogen-bond donors (Lipinski definition) is 1. The van der Waals surface area contributed by atoms with Gasteiger partial charge in [0.05, 0.1) is 6.21 Å². The van der Waals surface area contributed by atoms with E-state index in [1.54, 1.807) is 24.3 Å². The first kappa shape index (κ1) is 25.8. The van der Waals surface area contributed by atoms with Crippen molar-refractivity contribution in [2.75, 3.05) is 0 Å². The van der Waals surface area contributed by atoms with Crippen molar-refractivity contribution in [1.82, 2.24) is 20.2 Å². The van der Waals surface area contributed by atoms with Crippen LogP contribution in [-0.2, 0) is 6.42 Å². The predicted octanol–water partition coefficient (Wildman–Crippen LogP) is 7.28. The predicted molar refractivity (Wildman–Crippen MR) is 160 cm³/mol. The fraction of sp³-hybridized carbons (Fsp3) is 0.0323. The summed E-state index contributed by atoms with van der Waals surface area (Å²) in [5.74, 6) is 1.01. The van der Waals surface area contributed by atoms with Crippen LogP contribution in [0.15, 0.2) is 133 Å². The topological polar surface area (TPSA) is 85.3 Å². The number of carbonyl (C=O) groups excluding carboxylic acids is 1. The summed E-state index contributed by atoms with van der Waals surface area (Å²) in [5, 5.41) is 16.8. The Morgan fingerprint density at radius 3 is 2.60 bits per heavy atom. The van der Waals surface area contributed by atoms with Gasteiger partial charge in [-0.2, -0.15) is 5.10 Å². The first-order valence-electron chi connectivity index (χ1n) is 12.5. The first-order chi connectivity index (χ1) is 19.6. The number of fused-ring (bicyclic) bond motifs is 1. The van der Waals surface area contributed by atoms with Crippen molar-refractivity contribution in [3.8, 4) is 5.69 Å². The van der Waals surface area contributed by atoms with E-state index in [4.69, 9.17) is 4.42 Å². The number of rotatable bonds is 8. The molecular formula is C31H22BrN5O2S. The maximum atomic E-state index is 12.3. The quantitative estimate of drug-likeness (QED) is 0.145. The third-order valence-electron chi connectivity index (χ3n) is 6.18. The third kappa shape index (κ3) is 5.75. The minimum Gasteiger partial charge on any atom is -0.448 e. The molecule has 1 N–H and O–H groups in total. The van der Waals surface area contributed by atoms with E-state index in [-0.39, 0.29) is 5.91 Å². The molecule has 0 spiro atoms. The Morgan fingerprint density at radius 1 is 0.925 bits per heavy atom. The maximum Gasteiger partial charge on any atom is 0.271 e. The fourth-order valence-electron chi connectivity index (χ4n) is 4.33. The van der Waals surface area contributed by atoms with Gasteiger partial charge >= 0.3 is 0 Å². The second-order valence-corrected chi connectivity index (χ2v) is 10.7. The molecule has 7 nitrogen and oxygen atoms in total. The second kappa shape index (κ2) is 11.7. The van der Waals surface area contributed by atoms with E-state index in [2.05, 4.69) is 77.6 Å². The molecule has 0 aliphatic rings. The molecule has 0 unspecified atom stereocenters. The number of halogens is 1. The average molecular weight is 609 g/mol. The van der Waals surface area contributed by atoms with Gasteiger partial charge < -0.3 is 4.42 Å². The summed E-state index contributed by atoms with van der Waals surface area (Å²) in [5.41, 5.74) is 5.17. The molecule has 0 radical (unpaired) electrons. The molecule has 6 aromatic rings. The highest BCUT2D eigenvalue weighted by molar-refractivity contribution is 9.10. The van der Waals surface area contributed by atoms with Crippen molar-refractivity contribution in [2.24, 2.45) is 5.10 Å². The molecule has 0 aliphatic heterocycles. The van der Waals surface area contributed by atoms with Gasteiger partial charge in [0.1, 0.15) is 11.6 Å². The molecule has 0 aliphatic carbocycles. The highest BCUT2D eigenvalue weighted by atomic mass is 79.9. The van der Waals surface area contributed by atoms with E-state index in [0.29, 0.717) is 28.0 Å². The van der Waals surface area contributed by atoms with Crippen LogP contribution in [0.4, 0.5) is 0 Å². The number of hydrogen-bond acceptors (Lipinski definition) is 6. The Labute approximate surface area is 243 Å². The lowest BCUT2D eigenvalue weighted by molar-refractivity contribution is 0.0955. The monoisotopic (exact) mass is 607 g/mol. The van der Waals surface area contributed by atoms with Gasteiger partial charge in [-0.15, -0.1) is 10.2 Å². The van der Waals surface area contributed by atoms with Gasteiger partial charge in [0, 0.05) is 22.1 Å². The van der Waals surface area contributed by atoms with Crippen molar-refractivity contribution < 1.29 is 9.21 Å². The van der Waals surface area contributed by atoms with Gasteiger partial charge in [0.25, 0.3) is 5.91 Å². The van der Waals surface area contributed by atoms with Crippen LogP contribution in [0.25, 0.3) is 16.5 Å². The Kier molecular flexibility index (Phi) is 7.56. The molecule has 0 saturated heterocycles.